The van der Waals surface area contributed by atoms with E-state index in [2.05, 4.69) is 13.2 Å². The van der Waals surface area contributed by atoms with Gasteiger partial charge in [-0.25, -0.2) is 0 Å². The zero-order chi connectivity index (χ0) is 31.3. The summed E-state index contributed by atoms with van der Waals surface area (Å²) >= 11 is 0. The first kappa shape index (κ1) is 29.6. The average molecular weight is 577 g/mol. The van der Waals surface area contributed by atoms with Crippen LogP contribution in [-0.2, 0) is 34.9 Å². The van der Waals surface area contributed by atoms with Crippen molar-refractivity contribution in [1.29, 1.82) is 0 Å². The molecule has 2 heterocycles. The molecule has 43 heavy (non-hydrogen) atoms. The number of nitrogens with zero attached hydrogens (tertiary/aromatic N) is 2. The first-order chi connectivity index (χ1) is 20.4. The Morgan fingerprint density at radius 2 is 1.19 bits per heavy atom. The molecular weight excluding hydrogens is 540 g/mol. The van der Waals surface area contributed by atoms with Gasteiger partial charge in [0.1, 0.15) is 0 Å². The highest BCUT2D eigenvalue weighted by molar-refractivity contribution is 6.48. The van der Waals surface area contributed by atoms with E-state index in [0.717, 1.165) is 21.8 Å². The van der Waals surface area contributed by atoms with Crippen LogP contribution in [0.1, 0.15) is 52.7 Å². The fourth-order valence-corrected chi connectivity index (χ4v) is 5.58. The number of fused-ring (bicyclic) bond motifs is 2. The van der Waals surface area contributed by atoms with Gasteiger partial charge in [-0.2, -0.15) is 0 Å². The predicted octanol–water partition coefficient (Wildman–Crippen LogP) is 7.31. The lowest BCUT2D eigenvalue weighted by Gasteiger charge is -2.25. The molecule has 2 aromatic heterocycles. The Morgan fingerprint density at radius 3 is 1.60 bits per heavy atom. The lowest BCUT2D eigenvalue weighted by atomic mass is 9.85. The molecule has 4 aromatic rings. The van der Waals surface area contributed by atoms with Crippen LogP contribution in [0.5, 0.6) is 0 Å². The molecular formula is C36H36N2O5. The number of aromatic nitrogens is 2. The van der Waals surface area contributed by atoms with E-state index < -0.39 is 28.6 Å². The Labute approximate surface area is 251 Å². The third-order valence-corrected chi connectivity index (χ3v) is 8.06. The summed E-state index contributed by atoms with van der Waals surface area (Å²) < 4.78 is 15.6. The quantitative estimate of drug-likeness (QED) is 0.119. The number of benzene rings is 2. The van der Waals surface area contributed by atoms with Crippen LogP contribution in [0.2, 0.25) is 0 Å². The average Bonchev–Trinajstić information content (AvgIpc) is 3.56. The van der Waals surface area contributed by atoms with E-state index in [1.807, 2.05) is 110 Å². The summed E-state index contributed by atoms with van der Waals surface area (Å²) in [5.41, 5.74) is 1.66. The molecule has 0 saturated heterocycles. The lowest BCUT2D eigenvalue weighted by molar-refractivity contribution is -0.139. The van der Waals surface area contributed by atoms with Gasteiger partial charge in [0.25, 0.3) is 0 Å². The molecule has 7 heteroatoms. The van der Waals surface area contributed by atoms with Gasteiger partial charge in [-0.05, 0) is 46.8 Å². The van der Waals surface area contributed by atoms with Crippen molar-refractivity contribution in [3.8, 4) is 0 Å². The van der Waals surface area contributed by atoms with Gasteiger partial charge in [0.2, 0.25) is 11.6 Å². The van der Waals surface area contributed by atoms with Gasteiger partial charge < -0.3 is 18.6 Å². The van der Waals surface area contributed by atoms with E-state index in [4.69, 9.17) is 9.47 Å². The Balaban J connectivity index is 1.85. The van der Waals surface area contributed by atoms with E-state index in [-0.39, 0.29) is 29.3 Å². The normalized spacial score (nSPS) is 14.6. The number of allylic oxidation sites excluding steroid dienone is 4. The Hall–Kier alpha value is -4.91. The van der Waals surface area contributed by atoms with Gasteiger partial charge in [0.05, 0.1) is 28.8 Å². The summed E-state index contributed by atoms with van der Waals surface area (Å²) in [6.07, 6.45) is 7.27. The van der Waals surface area contributed by atoms with Crippen LogP contribution in [0.25, 0.3) is 33.0 Å². The minimum atomic E-state index is -0.710. The molecule has 0 spiro atoms. The molecule has 0 unspecified atom stereocenters. The molecule has 0 amide bonds. The summed E-state index contributed by atoms with van der Waals surface area (Å²) in [6, 6.07) is 15.2. The molecule has 1 aliphatic carbocycles. The SMILES string of the molecule is C=CC(C)(C)n1cc(C2=C(OCC)C(=O)C(c3cn(C(C)(C)C=C)c4ccccc34)=C(OC(C)=O)C2=O)c2ccccc21. The minimum absolute atomic E-state index is 0.0163. The number of para-hydroxylation sites is 2. The highest BCUT2D eigenvalue weighted by Gasteiger charge is 2.42. The molecule has 7 nitrogen and oxygen atoms in total. The van der Waals surface area contributed by atoms with Crippen molar-refractivity contribution < 1.29 is 23.9 Å². The molecule has 0 N–H and O–H groups in total. The topological polar surface area (TPSA) is 79.5 Å². The second-order valence-electron chi connectivity index (χ2n) is 11.7. The summed E-state index contributed by atoms with van der Waals surface area (Å²) in [7, 11) is 0. The second-order valence-corrected chi connectivity index (χ2v) is 11.7. The standard InChI is InChI=1S/C36H36N2O5/c1-9-35(5,6)37-20-25(23-16-12-14-18-27(23)37)29-32(41)34(43-22(4)39)30(31(40)33(29)42-11-3)26-21-38(36(7,8)10-2)28-19-15-13-17-24(26)28/h9-10,12-21H,1-2,11H2,3-8H3. The van der Waals surface area contributed by atoms with Crippen molar-refractivity contribution in [1.82, 2.24) is 9.13 Å². The molecule has 0 aliphatic heterocycles. The number of hydrogen-bond donors (Lipinski definition) is 0. The van der Waals surface area contributed by atoms with Gasteiger partial charge in [-0.15, -0.1) is 13.2 Å². The van der Waals surface area contributed by atoms with Crippen LogP contribution in [0, 0.1) is 0 Å². The van der Waals surface area contributed by atoms with Crippen LogP contribution >= 0.6 is 0 Å². The summed E-state index contributed by atoms with van der Waals surface area (Å²) in [5, 5.41) is 1.47. The van der Waals surface area contributed by atoms with Crippen molar-refractivity contribution in [2.45, 2.75) is 52.6 Å². The predicted molar refractivity (Wildman–Crippen MR) is 170 cm³/mol. The van der Waals surface area contributed by atoms with Crippen LogP contribution in [-0.4, -0.2) is 33.3 Å². The van der Waals surface area contributed by atoms with Crippen molar-refractivity contribution >= 4 is 50.5 Å². The number of ether oxygens (including phenoxy) is 2. The lowest BCUT2D eigenvalue weighted by Crippen LogP contribution is -2.27. The molecule has 0 radical (unpaired) electrons. The van der Waals surface area contributed by atoms with Crippen LogP contribution < -0.4 is 0 Å². The van der Waals surface area contributed by atoms with Gasteiger partial charge in [0.15, 0.2) is 11.5 Å². The largest absolute Gasteiger partial charge is 0.489 e. The van der Waals surface area contributed by atoms with E-state index in [9.17, 15) is 14.4 Å². The zero-order valence-electron chi connectivity index (χ0n) is 25.5. The fraction of sp³-hybridized carbons (Fsp3) is 0.250. The molecule has 5 rings (SSSR count). The highest BCUT2D eigenvalue weighted by Crippen LogP contribution is 2.43. The number of esters is 1. The Bertz CT molecular complexity index is 1910. The summed E-state index contributed by atoms with van der Waals surface area (Å²) in [5.74, 6) is -2.26. The Morgan fingerprint density at radius 1 is 0.767 bits per heavy atom. The number of hydrogen-bond acceptors (Lipinski definition) is 5. The monoisotopic (exact) mass is 576 g/mol. The highest BCUT2D eigenvalue weighted by atomic mass is 16.5. The van der Waals surface area contributed by atoms with E-state index in [1.165, 1.54) is 6.92 Å². The van der Waals surface area contributed by atoms with Crippen molar-refractivity contribution in [2.24, 2.45) is 0 Å². The first-order valence-electron chi connectivity index (χ1n) is 14.3. The molecule has 0 saturated carbocycles. The van der Waals surface area contributed by atoms with Crippen molar-refractivity contribution in [2.75, 3.05) is 6.61 Å². The molecule has 220 valence electrons. The molecule has 1 aliphatic rings. The van der Waals surface area contributed by atoms with Gasteiger partial charge in [-0.3, -0.25) is 14.4 Å². The van der Waals surface area contributed by atoms with Crippen LogP contribution in [0.3, 0.4) is 0 Å². The maximum Gasteiger partial charge on any atom is 0.308 e. The van der Waals surface area contributed by atoms with Gasteiger partial charge in [-0.1, -0.05) is 48.6 Å². The third-order valence-electron chi connectivity index (χ3n) is 8.06. The maximum atomic E-state index is 14.6. The van der Waals surface area contributed by atoms with E-state index in [0.29, 0.717) is 11.1 Å². The fourth-order valence-electron chi connectivity index (χ4n) is 5.58. The maximum absolute atomic E-state index is 14.6. The van der Waals surface area contributed by atoms with Gasteiger partial charge in [0, 0.05) is 52.3 Å². The summed E-state index contributed by atoms with van der Waals surface area (Å²) in [6.45, 7) is 19.1. The molecule has 0 fully saturated rings. The smallest absolute Gasteiger partial charge is 0.308 e. The van der Waals surface area contributed by atoms with E-state index in [1.54, 1.807) is 6.92 Å². The number of rotatable bonds is 9. The van der Waals surface area contributed by atoms with E-state index >= 15 is 0 Å². The van der Waals surface area contributed by atoms with Gasteiger partial charge >= 0.3 is 5.97 Å². The number of ketones is 2. The molecule has 0 atom stereocenters. The number of Topliss-reactive ketones (excluding diaryl/α,β-unsaturated/α-hetero) is 2. The number of carbonyl (C=O) groups excluding carboxylic acids is 3. The van der Waals surface area contributed by atoms with Crippen LogP contribution in [0.4, 0.5) is 0 Å². The van der Waals surface area contributed by atoms with Crippen molar-refractivity contribution in [3.05, 3.63) is 109 Å². The molecule has 0 bridgehead atoms. The molecule has 2 aromatic carbocycles. The van der Waals surface area contributed by atoms with Crippen LogP contribution in [0.15, 0.2) is 97.8 Å². The summed E-state index contributed by atoms with van der Waals surface area (Å²) in [4.78, 5) is 41.6. The zero-order valence-corrected chi connectivity index (χ0v) is 25.5. The second kappa shape index (κ2) is 10.7. The third kappa shape index (κ3) is 4.75. The van der Waals surface area contributed by atoms with Crippen molar-refractivity contribution in [3.63, 3.8) is 0 Å². The first-order valence-corrected chi connectivity index (χ1v) is 14.3. The Kier molecular flexibility index (Phi) is 7.38. The number of carbonyl (C=O) groups is 3. The minimum Gasteiger partial charge on any atom is -0.489 e.